The number of halogens is 1. The Balaban J connectivity index is 2.63. The maximum atomic E-state index is 10.5. The van der Waals surface area contributed by atoms with Crippen LogP contribution in [0.4, 0.5) is 0 Å². The van der Waals surface area contributed by atoms with Crippen LogP contribution in [0.25, 0.3) is 0 Å². The normalized spacial score (nSPS) is 10.0. The second-order valence-corrected chi connectivity index (χ2v) is 3.84. The predicted octanol–water partition coefficient (Wildman–Crippen LogP) is 2.08. The third kappa shape index (κ3) is 3.76. The Morgan fingerprint density at radius 2 is 2.29 bits per heavy atom. The van der Waals surface area contributed by atoms with Crippen molar-refractivity contribution in [3.63, 3.8) is 0 Å². The molecule has 0 aliphatic carbocycles. The molecular formula is C12H14ClNO3. The van der Waals surface area contributed by atoms with Crippen molar-refractivity contribution in [2.24, 2.45) is 0 Å². The number of aliphatic carboxylic acids is 1. The van der Waals surface area contributed by atoms with Gasteiger partial charge in [0.2, 0.25) is 0 Å². The van der Waals surface area contributed by atoms with Gasteiger partial charge < -0.3 is 15.2 Å². The molecule has 0 radical (unpaired) electrons. The zero-order valence-corrected chi connectivity index (χ0v) is 10.3. The van der Waals surface area contributed by atoms with Crippen LogP contribution in [-0.4, -0.2) is 24.7 Å². The number of carbonyl (C=O) groups is 1. The molecule has 1 aromatic carbocycles. The molecule has 0 heterocycles. The van der Waals surface area contributed by atoms with Gasteiger partial charge in [0.1, 0.15) is 5.75 Å². The molecule has 2 N–H and O–H groups in total. The third-order valence-electron chi connectivity index (χ3n) is 2.24. The summed E-state index contributed by atoms with van der Waals surface area (Å²) in [6.45, 7) is 4.05. The smallest absolute Gasteiger partial charge is 0.332 e. The second kappa shape index (κ2) is 6.27. The predicted molar refractivity (Wildman–Crippen MR) is 66.5 cm³/mol. The molecule has 92 valence electrons. The van der Waals surface area contributed by atoms with Crippen molar-refractivity contribution in [2.45, 2.75) is 6.54 Å². The van der Waals surface area contributed by atoms with Crippen molar-refractivity contribution in [3.8, 4) is 5.75 Å². The molecule has 0 saturated heterocycles. The molecule has 0 amide bonds. The molecule has 0 aromatic heterocycles. The van der Waals surface area contributed by atoms with E-state index in [2.05, 4.69) is 11.9 Å². The number of carboxylic acids is 1. The van der Waals surface area contributed by atoms with Crippen LogP contribution in [-0.2, 0) is 11.3 Å². The Bertz CT molecular complexity index is 432. The Kier molecular flexibility index (Phi) is 5.00. The summed E-state index contributed by atoms with van der Waals surface area (Å²) in [6.07, 6.45) is 0. The van der Waals surface area contributed by atoms with E-state index in [9.17, 15) is 4.79 Å². The fourth-order valence-electron chi connectivity index (χ4n) is 1.32. The summed E-state index contributed by atoms with van der Waals surface area (Å²) >= 11 is 6.03. The third-order valence-corrected chi connectivity index (χ3v) is 2.59. The number of methoxy groups -OCH3 is 1. The minimum absolute atomic E-state index is 0.107. The van der Waals surface area contributed by atoms with Gasteiger partial charge in [0.25, 0.3) is 0 Å². The first-order valence-electron chi connectivity index (χ1n) is 4.99. The van der Waals surface area contributed by atoms with E-state index in [1.165, 1.54) is 0 Å². The van der Waals surface area contributed by atoms with Gasteiger partial charge in [0.05, 0.1) is 7.11 Å². The van der Waals surface area contributed by atoms with Crippen LogP contribution in [0.1, 0.15) is 5.56 Å². The Hall–Kier alpha value is -1.52. The molecule has 1 rings (SSSR count). The molecule has 5 heteroatoms. The summed E-state index contributed by atoms with van der Waals surface area (Å²) in [5.74, 6) is -0.338. The van der Waals surface area contributed by atoms with Crippen LogP contribution in [0.15, 0.2) is 30.4 Å². The van der Waals surface area contributed by atoms with E-state index in [1.807, 2.05) is 0 Å². The van der Waals surface area contributed by atoms with E-state index in [0.717, 1.165) is 5.56 Å². The lowest BCUT2D eigenvalue weighted by molar-refractivity contribution is -0.132. The van der Waals surface area contributed by atoms with Gasteiger partial charge in [-0.1, -0.05) is 24.2 Å². The molecule has 0 bridgehead atoms. The number of hydrogen-bond donors (Lipinski definition) is 2. The number of nitrogens with one attached hydrogen (secondary N) is 1. The van der Waals surface area contributed by atoms with E-state index < -0.39 is 5.97 Å². The van der Waals surface area contributed by atoms with Crippen LogP contribution in [0.5, 0.6) is 5.75 Å². The minimum Gasteiger partial charge on any atom is -0.496 e. The monoisotopic (exact) mass is 255 g/mol. The van der Waals surface area contributed by atoms with E-state index in [1.54, 1.807) is 25.3 Å². The number of hydrogen-bond acceptors (Lipinski definition) is 3. The van der Waals surface area contributed by atoms with E-state index in [0.29, 0.717) is 17.3 Å². The lowest BCUT2D eigenvalue weighted by atomic mass is 10.2. The van der Waals surface area contributed by atoms with Crippen LogP contribution in [0.3, 0.4) is 0 Å². The molecule has 0 fully saturated rings. The Morgan fingerprint density at radius 1 is 1.59 bits per heavy atom. The Labute approximate surface area is 105 Å². The van der Waals surface area contributed by atoms with Crippen molar-refractivity contribution in [1.82, 2.24) is 5.32 Å². The molecule has 4 nitrogen and oxygen atoms in total. The SMILES string of the molecule is C=C(CNCc1c(Cl)cccc1OC)C(=O)O. The summed E-state index contributed by atoms with van der Waals surface area (Å²) < 4.78 is 5.17. The zero-order chi connectivity index (χ0) is 12.8. The first-order chi connectivity index (χ1) is 8.06. The molecule has 0 atom stereocenters. The number of benzene rings is 1. The summed E-state index contributed by atoms with van der Waals surface area (Å²) in [5.41, 5.74) is 0.908. The maximum Gasteiger partial charge on any atom is 0.332 e. The summed E-state index contributed by atoms with van der Waals surface area (Å²) in [5, 5.41) is 12.2. The number of rotatable bonds is 6. The fourth-order valence-corrected chi connectivity index (χ4v) is 1.55. The quantitative estimate of drug-likeness (QED) is 0.764. The van der Waals surface area contributed by atoms with Crippen molar-refractivity contribution in [1.29, 1.82) is 0 Å². The molecule has 0 aliphatic rings. The Morgan fingerprint density at radius 3 is 2.88 bits per heavy atom. The number of ether oxygens (including phenoxy) is 1. The summed E-state index contributed by atoms with van der Waals surface area (Å²) in [6, 6.07) is 5.35. The van der Waals surface area contributed by atoms with Crippen molar-refractivity contribution >= 4 is 17.6 Å². The first-order valence-corrected chi connectivity index (χ1v) is 5.37. The average molecular weight is 256 g/mol. The van der Waals surface area contributed by atoms with E-state index in [4.69, 9.17) is 21.4 Å². The van der Waals surface area contributed by atoms with Gasteiger partial charge in [-0.05, 0) is 12.1 Å². The van der Waals surface area contributed by atoms with Gasteiger partial charge in [0.15, 0.2) is 0 Å². The highest BCUT2D eigenvalue weighted by Gasteiger charge is 2.08. The van der Waals surface area contributed by atoms with Gasteiger partial charge in [0, 0.05) is 29.2 Å². The minimum atomic E-state index is -1.01. The number of carboxylic acid groups (broad SMARTS) is 1. The fraction of sp³-hybridized carbons (Fsp3) is 0.250. The molecule has 1 aromatic rings. The molecule has 17 heavy (non-hydrogen) atoms. The van der Waals surface area contributed by atoms with Crippen LogP contribution in [0.2, 0.25) is 5.02 Å². The van der Waals surface area contributed by atoms with Gasteiger partial charge >= 0.3 is 5.97 Å². The highest BCUT2D eigenvalue weighted by molar-refractivity contribution is 6.31. The molecule has 0 saturated carbocycles. The zero-order valence-electron chi connectivity index (χ0n) is 9.50. The van der Waals surface area contributed by atoms with Crippen molar-refractivity contribution in [3.05, 3.63) is 40.9 Å². The lowest BCUT2D eigenvalue weighted by Crippen LogP contribution is -2.20. The second-order valence-electron chi connectivity index (χ2n) is 3.43. The lowest BCUT2D eigenvalue weighted by Gasteiger charge is -2.11. The molecule has 0 spiro atoms. The summed E-state index contributed by atoms with van der Waals surface area (Å²) in [4.78, 5) is 10.5. The van der Waals surface area contributed by atoms with Gasteiger partial charge in [-0.15, -0.1) is 0 Å². The molecule has 0 aliphatic heterocycles. The maximum absolute atomic E-state index is 10.5. The van der Waals surface area contributed by atoms with Crippen molar-refractivity contribution < 1.29 is 14.6 Å². The molecule has 0 unspecified atom stereocenters. The van der Waals surface area contributed by atoms with E-state index >= 15 is 0 Å². The first kappa shape index (κ1) is 13.5. The van der Waals surface area contributed by atoms with Crippen molar-refractivity contribution in [2.75, 3.05) is 13.7 Å². The highest BCUT2D eigenvalue weighted by atomic mass is 35.5. The summed E-state index contributed by atoms with van der Waals surface area (Å²) in [7, 11) is 1.56. The highest BCUT2D eigenvalue weighted by Crippen LogP contribution is 2.25. The average Bonchev–Trinajstić information content (AvgIpc) is 2.30. The molecular weight excluding hydrogens is 242 g/mol. The van der Waals surface area contributed by atoms with Crippen LogP contribution >= 0.6 is 11.6 Å². The van der Waals surface area contributed by atoms with Crippen LogP contribution < -0.4 is 10.1 Å². The van der Waals surface area contributed by atoms with Gasteiger partial charge in [-0.2, -0.15) is 0 Å². The standard InChI is InChI=1S/C12H14ClNO3/c1-8(12(15)16)6-14-7-9-10(13)4-3-5-11(9)17-2/h3-5,14H,1,6-7H2,2H3,(H,15,16). The van der Waals surface area contributed by atoms with Crippen LogP contribution in [0, 0.1) is 0 Å². The topological polar surface area (TPSA) is 58.6 Å². The van der Waals surface area contributed by atoms with Gasteiger partial charge in [-0.25, -0.2) is 4.79 Å². The van der Waals surface area contributed by atoms with Gasteiger partial charge in [-0.3, -0.25) is 0 Å². The van der Waals surface area contributed by atoms with E-state index in [-0.39, 0.29) is 12.1 Å². The largest absolute Gasteiger partial charge is 0.496 e.